The van der Waals surface area contributed by atoms with Crippen molar-refractivity contribution in [3.63, 3.8) is 0 Å². The summed E-state index contributed by atoms with van der Waals surface area (Å²) in [5, 5.41) is 16.0. The van der Waals surface area contributed by atoms with Gasteiger partial charge in [-0.3, -0.25) is 19.2 Å². The number of unbranched alkanes of at least 4 members (excludes halogenated alkanes) is 1. The van der Waals surface area contributed by atoms with Crippen LogP contribution in [0.2, 0.25) is 0 Å². The third kappa shape index (κ3) is 6.02. The van der Waals surface area contributed by atoms with Crippen LogP contribution >= 0.6 is 0 Å². The summed E-state index contributed by atoms with van der Waals surface area (Å²) in [7, 11) is 0. The highest BCUT2D eigenvalue weighted by Gasteiger charge is 2.29. The fourth-order valence-corrected chi connectivity index (χ4v) is 4.93. The normalized spacial score (nSPS) is 12.5. The van der Waals surface area contributed by atoms with Gasteiger partial charge in [-0.25, -0.2) is 9.37 Å². The summed E-state index contributed by atoms with van der Waals surface area (Å²) in [4.78, 5) is 50.7. The second-order valence-electron chi connectivity index (χ2n) is 9.58. The van der Waals surface area contributed by atoms with E-state index >= 15 is 0 Å². The lowest BCUT2D eigenvalue weighted by Gasteiger charge is -2.14. The number of aliphatic hydroxyl groups excluding tert-OH is 1. The molecule has 0 bridgehead atoms. The summed E-state index contributed by atoms with van der Waals surface area (Å²) in [6, 6.07) is 4.84. The van der Waals surface area contributed by atoms with Crippen molar-refractivity contribution in [1.29, 1.82) is 0 Å². The Kier molecular flexibility index (Phi) is 9.22. The number of ether oxygens (including phenoxy) is 2. The van der Waals surface area contributed by atoms with E-state index in [1.54, 1.807) is 23.6 Å². The van der Waals surface area contributed by atoms with Crippen LogP contribution < -0.4 is 16.2 Å². The SMILES string of the molecule is Cc1cc2c(CCCCOCNC(=O)CNC=O)c3c(nc2cc1F)-c1cc(C(C)O)c(COC=O)c(=O)n1C3. The Morgan fingerprint density at radius 3 is 2.77 bits per heavy atom. The third-order valence-electron chi connectivity index (χ3n) is 6.91. The molecular weight excluding hydrogens is 523 g/mol. The summed E-state index contributed by atoms with van der Waals surface area (Å²) in [6.45, 7) is 3.73. The monoisotopic (exact) mass is 554 g/mol. The van der Waals surface area contributed by atoms with Gasteiger partial charge in [-0.1, -0.05) is 0 Å². The molecule has 1 unspecified atom stereocenters. The molecule has 0 spiro atoms. The molecule has 3 heterocycles. The van der Waals surface area contributed by atoms with E-state index in [-0.39, 0.29) is 55.7 Å². The van der Waals surface area contributed by atoms with Gasteiger partial charge in [0.25, 0.3) is 12.0 Å². The van der Waals surface area contributed by atoms with Crippen LogP contribution in [0.4, 0.5) is 4.39 Å². The molecule has 0 fully saturated rings. The van der Waals surface area contributed by atoms with Crippen molar-refractivity contribution >= 4 is 29.7 Å². The number of nitrogens with one attached hydrogen (secondary N) is 2. The number of nitrogens with zero attached hydrogens (tertiary/aromatic N) is 2. The van der Waals surface area contributed by atoms with Gasteiger partial charge in [0.05, 0.1) is 41.7 Å². The van der Waals surface area contributed by atoms with Crippen molar-refractivity contribution in [2.24, 2.45) is 0 Å². The number of aryl methyl sites for hydroxylation is 2. The highest BCUT2D eigenvalue weighted by atomic mass is 19.1. The fraction of sp³-hybridized carbons (Fsp3) is 0.393. The van der Waals surface area contributed by atoms with Crippen molar-refractivity contribution in [2.45, 2.75) is 52.4 Å². The molecule has 0 saturated carbocycles. The Hall–Kier alpha value is -4.16. The van der Waals surface area contributed by atoms with Gasteiger partial charge in [-0.15, -0.1) is 0 Å². The van der Waals surface area contributed by atoms with Crippen LogP contribution in [-0.2, 0) is 43.4 Å². The van der Waals surface area contributed by atoms with Gasteiger partial charge < -0.3 is 29.8 Å². The first-order valence-electron chi connectivity index (χ1n) is 12.9. The number of aliphatic hydroxyl groups is 1. The molecule has 0 radical (unpaired) electrons. The Bertz CT molecular complexity index is 1500. The first-order valence-corrected chi connectivity index (χ1v) is 12.9. The van der Waals surface area contributed by atoms with Gasteiger partial charge in [0.2, 0.25) is 12.3 Å². The molecule has 212 valence electrons. The summed E-state index contributed by atoms with van der Waals surface area (Å²) in [5.74, 6) is -0.742. The minimum Gasteiger partial charge on any atom is -0.463 e. The van der Waals surface area contributed by atoms with Gasteiger partial charge >= 0.3 is 0 Å². The lowest BCUT2D eigenvalue weighted by atomic mass is 9.95. The molecule has 1 aliphatic heterocycles. The number of hydrogen-bond donors (Lipinski definition) is 3. The van der Waals surface area contributed by atoms with Crippen LogP contribution in [0.15, 0.2) is 23.0 Å². The predicted molar refractivity (Wildman–Crippen MR) is 143 cm³/mol. The van der Waals surface area contributed by atoms with E-state index in [2.05, 4.69) is 10.6 Å². The number of pyridine rings is 2. The van der Waals surface area contributed by atoms with Gasteiger partial charge in [-0.2, -0.15) is 0 Å². The maximum atomic E-state index is 14.5. The number of carbonyl (C=O) groups is 3. The van der Waals surface area contributed by atoms with E-state index in [9.17, 15) is 28.7 Å². The maximum Gasteiger partial charge on any atom is 0.293 e. The Balaban J connectivity index is 1.61. The van der Waals surface area contributed by atoms with Crippen LogP contribution in [0.5, 0.6) is 0 Å². The molecule has 2 aromatic heterocycles. The molecule has 1 aromatic carbocycles. The van der Waals surface area contributed by atoms with E-state index in [0.717, 1.165) is 16.5 Å². The van der Waals surface area contributed by atoms with Crippen molar-refractivity contribution in [3.05, 3.63) is 62.2 Å². The molecule has 11 nitrogen and oxygen atoms in total. The smallest absolute Gasteiger partial charge is 0.293 e. The standard InChI is InChI=1S/C28H31FN4O7/c1-16-7-20-18(5-3-4-6-39-14-31-26(37)10-30-13-34)21-11-33-25(27(21)32-24(20)9-23(16)29)8-19(17(2)36)22(28(33)38)12-40-15-35/h7-9,13,15,17,36H,3-6,10-12,14H2,1-2H3,(H,30,34)(H,31,37). The quantitative estimate of drug-likeness (QED) is 0.121. The molecule has 40 heavy (non-hydrogen) atoms. The van der Waals surface area contributed by atoms with Gasteiger partial charge in [0.15, 0.2) is 0 Å². The van der Waals surface area contributed by atoms with Crippen molar-refractivity contribution < 1.29 is 33.4 Å². The summed E-state index contributed by atoms with van der Waals surface area (Å²) < 4.78 is 26.4. The van der Waals surface area contributed by atoms with E-state index < -0.39 is 6.10 Å². The molecule has 1 atom stereocenters. The summed E-state index contributed by atoms with van der Waals surface area (Å²) in [5.41, 5.74) is 3.95. The lowest BCUT2D eigenvalue weighted by Crippen LogP contribution is -2.34. The zero-order valence-electron chi connectivity index (χ0n) is 22.3. The van der Waals surface area contributed by atoms with Crippen LogP contribution in [0.3, 0.4) is 0 Å². The second-order valence-corrected chi connectivity index (χ2v) is 9.58. The molecule has 2 amide bonds. The van der Waals surface area contributed by atoms with Crippen LogP contribution in [0.1, 0.15) is 53.7 Å². The molecule has 0 saturated heterocycles. The molecule has 1 aliphatic rings. The molecule has 12 heteroatoms. The number of rotatable bonds is 14. The number of amides is 2. The van der Waals surface area contributed by atoms with E-state index in [4.69, 9.17) is 14.5 Å². The van der Waals surface area contributed by atoms with Crippen molar-refractivity contribution in [1.82, 2.24) is 20.2 Å². The first kappa shape index (κ1) is 28.8. The predicted octanol–water partition coefficient (Wildman–Crippen LogP) is 1.76. The highest BCUT2D eigenvalue weighted by molar-refractivity contribution is 5.88. The zero-order chi connectivity index (χ0) is 28.8. The average Bonchev–Trinajstić information content (AvgIpc) is 3.29. The molecule has 4 rings (SSSR count). The number of benzene rings is 1. The molecule has 3 aromatic rings. The highest BCUT2D eigenvalue weighted by Crippen LogP contribution is 2.38. The zero-order valence-corrected chi connectivity index (χ0v) is 22.3. The molecule has 3 N–H and O–H groups in total. The van der Waals surface area contributed by atoms with Gasteiger partial charge in [-0.05, 0) is 61.9 Å². The summed E-state index contributed by atoms with van der Waals surface area (Å²) in [6.07, 6.45) is 1.45. The van der Waals surface area contributed by atoms with Crippen molar-refractivity contribution in [3.8, 4) is 11.4 Å². The molecular formula is C28H31FN4O7. The summed E-state index contributed by atoms with van der Waals surface area (Å²) >= 11 is 0. The van der Waals surface area contributed by atoms with Gasteiger partial charge in [0, 0.05) is 23.6 Å². The van der Waals surface area contributed by atoms with Crippen molar-refractivity contribution in [2.75, 3.05) is 19.9 Å². The third-order valence-corrected chi connectivity index (χ3v) is 6.91. The number of aromatic nitrogens is 2. The van der Waals surface area contributed by atoms with E-state index in [1.807, 2.05) is 0 Å². The number of hydrogen-bond acceptors (Lipinski definition) is 8. The molecule has 0 aliphatic carbocycles. The largest absolute Gasteiger partial charge is 0.463 e. The Labute approximate surface area is 229 Å². The second kappa shape index (κ2) is 12.8. The van der Waals surface area contributed by atoms with E-state index in [0.29, 0.717) is 60.3 Å². The average molecular weight is 555 g/mol. The lowest BCUT2D eigenvalue weighted by molar-refractivity contribution is -0.130. The Morgan fingerprint density at radius 2 is 2.05 bits per heavy atom. The minimum atomic E-state index is -0.987. The van der Waals surface area contributed by atoms with Crippen LogP contribution in [-0.4, -0.2) is 53.3 Å². The van der Waals surface area contributed by atoms with Crippen LogP contribution in [0.25, 0.3) is 22.3 Å². The topological polar surface area (TPSA) is 149 Å². The number of fused-ring (bicyclic) bond motifs is 4. The minimum absolute atomic E-state index is 0.0193. The van der Waals surface area contributed by atoms with Gasteiger partial charge in [0.1, 0.15) is 19.2 Å². The van der Waals surface area contributed by atoms with Crippen LogP contribution in [0, 0.1) is 12.7 Å². The number of halogens is 1. The fourth-order valence-electron chi connectivity index (χ4n) is 4.93. The first-order chi connectivity index (χ1) is 19.3. The number of carbonyl (C=O) groups excluding carboxylic acids is 3. The Morgan fingerprint density at radius 1 is 1.25 bits per heavy atom. The maximum absolute atomic E-state index is 14.5. The van der Waals surface area contributed by atoms with E-state index in [1.165, 1.54) is 13.0 Å².